The van der Waals surface area contributed by atoms with Crippen molar-refractivity contribution >= 4 is 0 Å². The van der Waals surface area contributed by atoms with Crippen LogP contribution >= 0.6 is 0 Å². The van der Waals surface area contributed by atoms with Crippen molar-refractivity contribution in [3.8, 4) is 16.9 Å². The van der Waals surface area contributed by atoms with Gasteiger partial charge in [0.1, 0.15) is 11.5 Å². The maximum Gasteiger partial charge on any atom is 0.200 e. The lowest BCUT2D eigenvalue weighted by Crippen LogP contribution is -2.13. The highest BCUT2D eigenvalue weighted by molar-refractivity contribution is 5.65. The molecular formula is C30H32F4O2. The molecule has 0 aliphatic heterocycles. The smallest absolute Gasteiger partial charge is 0.200 e. The topological polar surface area (TPSA) is 29.5 Å². The van der Waals surface area contributed by atoms with Gasteiger partial charge in [-0.05, 0) is 67.7 Å². The second kappa shape index (κ2) is 13.5. The molecule has 0 saturated heterocycles. The number of ether oxygens (including phenoxy) is 1. The quantitative estimate of drug-likeness (QED) is 0.178. The summed E-state index contributed by atoms with van der Waals surface area (Å²) < 4.78 is 62.1. The third-order valence-electron chi connectivity index (χ3n) is 6.04. The number of rotatable bonds is 7. The van der Waals surface area contributed by atoms with Crippen LogP contribution in [0.1, 0.15) is 44.1 Å². The molecule has 2 aromatic rings. The minimum atomic E-state index is -1.19. The Bertz CT molecular complexity index is 1140. The number of phenols is 1. The van der Waals surface area contributed by atoms with Crippen LogP contribution in [0.25, 0.3) is 11.1 Å². The van der Waals surface area contributed by atoms with Gasteiger partial charge in [0.2, 0.25) is 5.83 Å². The standard InChI is InChI=1S/C27H26F4O2.C3H6/c1-16(24(28)25(29)17(2)33-3)4-5-18-6-8-19(9-7-18)22-14-15-23(27(31)26(22)30)20-10-12-21(32)13-11-20;1-3-2/h4-5,10-15,18-19,32H,1-2,6-9H2,3H3;3H,1H2,2H3/b5-4+,25-24-;. The van der Waals surface area contributed by atoms with E-state index in [0.717, 1.165) is 0 Å². The highest BCUT2D eigenvalue weighted by Crippen LogP contribution is 2.39. The van der Waals surface area contributed by atoms with Crippen molar-refractivity contribution in [2.24, 2.45) is 5.92 Å². The van der Waals surface area contributed by atoms with Gasteiger partial charge in [-0.1, -0.05) is 55.7 Å². The summed E-state index contributed by atoms with van der Waals surface area (Å²) in [6.07, 6.45) is 7.64. The molecule has 1 aliphatic rings. The van der Waals surface area contributed by atoms with Crippen LogP contribution in [-0.4, -0.2) is 12.2 Å². The SMILES string of the molecule is C=C(/C=C/C1CCC(c2ccc(-c3ccc(O)cc3)c(F)c2F)CC1)/C(F)=C(/F)C(=C)OC.C=CC. The maximum absolute atomic E-state index is 14.9. The summed E-state index contributed by atoms with van der Waals surface area (Å²) in [7, 11) is 1.20. The van der Waals surface area contributed by atoms with E-state index in [2.05, 4.69) is 24.5 Å². The Morgan fingerprint density at radius 3 is 2.08 bits per heavy atom. The minimum absolute atomic E-state index is 0.0509. The highest BCUT2D eigenvalue weighted by Gasteiger charge is 2.26. The largest absolute Gasteiger partial charge is 0.508 e. The van der Waals surface area contributed by atoms with Crippen molar-refractivity contribution in [3.63, 3.8) is 0 Å². The minimum Gasteiger partial charge on any atom is -0.508 e. The molecule has 0 heterocycles. The number of methoxy groups -OCH3 is 1. The molecule has 1 fully saturated rings. The summed E-state index contributed by atoms with van der Waals surface area (Å²) in [5, 5.41) is 9.39. The van der Waals surface area contributed by atoms with Crippen LogP contribution in [0.5, 0.6) is 5.75 Å². The second-order valence-electron chi connectivity index (χ2n) is 8.54. The van der Waals surface area contributed by atoms with Gasteiger partial charge in [-0.2, -0.15) is 4.39 Å². The van der Waals surface area contributed by atoms with Gasteiger partial charge >= 0.3 is 0 Å². The second-order valence-corrected chi connectivity index (χ2v) is 8.54. The third kappa shape index (κ3) is 7.23. The summed E-state index contributed by atoms with van der Waals surface area (Å²) in [4.78, 5) is 0. The van der Waals surface area contributed by atoms with Gasteiger partial charge in [0, 0.05) is 11.1 Å². The van der Waals surface area contributed by atoms with Crippen molar-refractivity contribution in [2.45, 2.75) is 38.5 Å². The zero-order chi connectivity index (χ0) is 26.8. The lowest BCUT2D eigenvalue weighted by molar-refractivity contribution is 0.281. The van der Waals surface area contributed by atoms with E-state index < -0.39 is 29.0 Å². The normalized spacial score (nSPS) is 18.1. The Hall–Kier alpha value is -3.54. The molecule has 2 nitrogen and oxygen atoms in total. The van der Waals surface area contributed by atoms with E-state index in [1.54, 1.807) is 24.3 Å². The summed E-state index contributed by atoms with van der Waals surface area (Å²) >= 11 is 0. The van der Waals surface area contributed by atoms with Gasteiger partial charge in [-0.3, -0.25) is 0 Å². The average Bonchev–Trinajstić information content (AvgIpc) is 2.89. The van der Waals surface area contributed by atoms with E-state index >= 15 is 0 Å². The van der Waals surface area contributed by atoms with Crippen LogP contribution < -0.4 is 0 Å². The van der Waals surface area contributed by atoms with E-state index in [0.29, 0.717) is 36.8 Å². The Morgan fingerprint density at radius 1 is 0.944 bits per heavy atom. The van der Waals surface area contributed by atoms with E-state index in [1.807, 2.05) is 6.92 Å². The zero-order valence-electron chi connectivity index (χ0n) is 20.7. The first-order valence-electron chi connectivity index (χ1n) is 11.6. The number of phenolic OH excluding ortho intramolecular Hbond substituents is 1. The van der Waals surface area contributed by atoms with Crippen LogP contribution in [0.2, 0.25) is 0 Å². The van der Waals surface area contributed by atoms with Gasteiger partial charge < -0.3 is 9.84 Å². The molecule has 0 amide bonds. The fraction of sp³-hybridized carbons (Fsp3) is 0.267. The predicted molar refractivity (Wildman–Crippen MR) is 138 cm³/mol. The van der Waals surface area contributed by atoms with Crippen molar-refractivity contribution in [1.82, 2.24) is 0 Å². The van der Waals surface area contributed by atoms with E-state index in [4.69, 9.17) is 0 Å². The van der Waals surface area contributed by atoms with Gasteiger partial charge in [0.25, 0.3) is 0 Å². The molecule has 1 aliphatic carbocycles. The van der Waals surface area contributed by atoms with E-state index in [1.165, 1.54) is 37.5 Å². The predicted octanol–water partition coefficient (Wildman–Crippen LogP) is 9.23. The first-order chi connectivity index (χ1) is 17.1. The molecule has 0 radical (unpaired) electrons. The van der Waals surface area contributed by atoms with Crippen molar-refractivity contribution < 1.29 is 27.4 Å². The van der Waals surface area contributed by atoms with Crippen LogP contribution in [-0.2, 0) is 4.74 Å². The van der Waals surface area contributed by atoms with Crippen molar-refractivity contribution in [1.29, 1.82) is 0 Å². The lowest BCUT2D eigenvalue weighted by atomic mass is 9.78. The molecule has 6 heteroatoms. The van der Waals surface area contributed by atoms with Crippen molar-refractivity contribution in [3.05, 3.63) is 115 Å². The van der Waals surface area contributed by atoms with Crippen molar-refractivity contribution in [2.75, 3.05) is 7.11 Å². The fourth-order valence-electron chi connectivity index (χ4n) is 4.04. The Kier molecular flexibility index (Phi) is 10.8. The highest BCUT2D eigenvalue weighted by atomic mass is 19.2. The average molecular weight is 501 g/mol. The molecule has 1 N–H and O–H groups in total. The fourth-order valence-corrected chi connectivity index (χ4v) is 4.04. The molecule has 0 unspecified atom stereocenters. The number of halogens is 4. The number of aromatic hydroxyl groups is 1. The van der Waals surface area contributed by atoms with Gasteiger partial charge in [0.15, 0.2) is 17.5 Å². The molecule has 3 rings (SSSR count). The molecule has 36 heavy (non-hydrogen) atoms. The third-order valence-corrected chi connectivity index (χ3v) is 6.04. The van der Waals surface area contributed by atoms with Gasteiger partial charge in [-0.25, -0.2) is 13.2 Å². The van der Waals surface area contributed by atoms with Crippen LogP contribution in [0.15, 0.2) is 97.3 Å². The summed E-state index contributed by atoms with van der Waals surface area (Å²) in [6, 6.07) is 9.10. The Balaban J connectivity index is 0.00000145. The van der Waals surface area contributed by atoms with Gasteiger partial charge in [0.05, 0.1) is 7.11 Å². The molecule has 1 saturated carbocycles. The number of hydrogen-bond donors (Lipinski definition) is 1. The van der Waals surface area contributed by atoms with Crippen LogP contribution in [0, 0.1) is 17.6 Å². The molecule has 0 atom stereocenters. The van der Waals surface area contributed by atoms with E-state index in [-0.39, 0.29) is 28.7 Å². The number of hydrogen-bond acceptors (Lipinski definition) is 2. The van der Waals surface area contributed by atoms with Crippen LogP contribution in [0.3, 0.4) is 0 Å². The summed E-state index contributed by atoms with van der Waals surface area (Å²) in [5.74, 6) is -4.46. The maximum atomic E-state index is 14.9. The zero-order valence-corrected chi connectivity index (χ0v) is 20.7. The molecule has 192 valence electrons. The number of benzene rings is 2. The molecule has 0 spiro atoms. The Morgan fingerprint density at radius 2 is 1.53 bits per heavy atom. The lowest BCUT2D eigenvalue weighted by Gasteiger charge is -2.27. The van der Waals surface area contributed by atoms with Crippen LogP contribution in [0.4, 0.5) is 17.6 Å². The summed E-state index contributed by atoms with van der Waals surface area (Å²) in [5.41, 5.74) is 0.850. The van der Waals surface area contributed by atoms with Gasteiger partial charge in [-0.15, -0.1) is 6.58 Å². The molecule has 0 aromatic heterocycles. The first kappa shape index (κ1) is 28.7. The summed E-state index contributed by atoms with van der Waals surface area (Å²) in [6.45, 7) is 12.1. The molecule has 2 aromatic carbocycles. The molecule has 0 bridgehead atoms. The van der Waals surface area contributed by atoms with E-state index in [9.17, 15) is 22.7 Å². The monoisotopic (exact) mass is 500 g/mol. The number of allylic oxidation sites excluding steroid dienone is 6. The molecular weight excluding hydrogens is 468 g/mol. The first-order valence-corrected chi connectivity index (χ1v) is 11.6. The Labute approximate surface area is 210 Å².